The fraction of sp³-hybridized carbons (Fsp3) is 0.647. The van der Waals surface area contributed by atoms with Gasteiger partial charge in [-0.25, -0.2) is 0 Å². The lowest BCUT2D eigenvalue weighted by Gasteiger charge is -2.19. The summed E-state index contributed by atoms with van der Waals surface area (Å²) in [7, 11) is 0. The Labute approximate surface area is 123 Å². The Bertz CT molecular complexity index is 381. The molecule has 0 fully saturated rings. The van der Waals surface area contributed by atoms with E-state index in [0.29, 0.717) is 0 Å². The highest BCUT2D eigenvalue weighted by molar-refractivity contribution is 5.33. The van der Waals surface area contributed by atoms with Crippen molar-refractivity contribution in [3.63, 3.8) is 0 Å². The molecule has 1 heterocycles. The molecule has 1 aliphatic rings. The van der Waals surface area contributed by atoms with Crippen molar-refractivity contribution in [3.05, 3.63) is 29.8 Å². The molecule has 0 saturated carbocycles. The van der Waals surface area contributed by atoms with Crippen LogP contribution in [0.25, 0.3) is 0 Å². The molecule has 0 unspecified atom stereocenters. The molecule has 3 nitrogen and oxygen atoms in total. The smallest absolute Gasteiger partial charge is 0.123 e. The van der Waals surface area contributed by atoms with E-state index in [4.69, 9.17) is 4.74 Å². The van der Waals surface area contributed by atoms with Gasteiger partial charge in [0.2, 0.25) is 0 Å². The molecule has 0 amide bonds. The Morgan fingerprint density at radius 1 is 1.15 bits per heavy atom. The van der Waals surface area contributed by atoms with Gasteiger partial charge >= 0.3 is 0 Å². The number of hydrogen-bond acceptors (Lipinski definition) is 3. The molecule has 0 aliphatic carbocycles. The number of hydrogen-bond donors (Lipinski definition) is 1. The van der Waals surface area contributed by atoms with E-state index in [2.05, 4.69) is 35.3 Å². The first-order chi connectivity index (χ1) is 9.90. The summed E-state index contributed by atoms with van der Waals surface area (Å²) in [6, 6.07) is 8.39. The average molecular weight is 276 g/mol. The van der Waals surface area contributed by atoms with Crippen molar-refractivity contribution >= 4 is 0 Å². The fourth-order valence-electron chi connectivity index (χ4n) is 2.61. The minimum atomic E-state index is 0.799. The van der Waals surface area contributed by atoms with Crippen molar-refractivity contribution in [3.8, 4) is 5.75 Å². The predicted octanol–water partition coefficient (Wildman–Crippen LogP) is 3.05. The van der Waals surface area contributed by atoms with E-state index < -0.39 is 0 Å². The summed E-state index contributed by atoms with van der Waals surface area (Å²) in [5, 5.41) is 3.55. The SMILES string of the molecule is CCCCCCNCCN1CCOc2ccccc2C1. The monoisotopic (exact) mass is 276 g/mol. The summed E-state index contributed by atoms with van der Waals surface area (Å²) in [5.74, 6) is 1.06. The van der Waals surface area contributed by atoms with Crippen molar-refractivity contribution in [2.24, 2.45) is 0 Å². The molecule has 3 heteroatoms. The summed E-state index contributed by atoms with van der Waals surface area (Å²) in [5.41, 5.74) is 1.31. The Morgan fingerprint density at radius 3 is 2.95 bits per heavy atom. The standard InChI is InChI=1S/C17H28N2O/c1-2-3-4-7-10-18-11-12-19-13-14-20-17-9-6-5-8-16(17)15-19/h5-6,8-9,18H,2-4,7,10-15H2,1H3. The molecule has 112 valence electrons. The van der Waals surface area contributed by atoms with E-state index in [1.807, 2.05) is 6.07 Å². The Kier molecular flexibility index (Phi) is 6.89. The fourth-order valence-corrected chi connectivity index (χ4v) is 2.61. The first kappa shape index (κ1) is 15.3. The number of unbranched alkanes of at least 4 members (excludes halogenated alkanes) is 3. The van der Waals surface area contributed by atoms with Crippen LogP contribution in [0.1, 0.15) is 38.2 Å². The normalized spacial score (nSPS) is 15.4. The van der Waals surface area contributed by atoms with E-state index in [9.17, 15) is 0 Å². The van der Waals surface area contributed by atoms with Gasteiger partial charge in [0.05, 0.1) is 0 Å². The van der Waals surface area contributed by atoms with E-state index >= 15 is 0 Å². The number of fused-ring (bicyclic) bond motifs is 1. The maximum Gasteiger partial charge on any atom is 0.123 e. The molecule has 0 bridgehead atoms. The highest BCUT2D eigenvalue weighted by Gasteiger charge is 2.13. The Morgan fingerprint density at radius 2 is 2.05 bits per heavy atom. The van der Waals surface area contributed by atoms with Crippen LogP contribution in [0.2, 0.25) is 0 Å². The van der Waals surface area contributed by atoms with Crippen LogP contribution in [-0.4, -0.2) is 37.7 Å². The number of nitrogens with zero attached hydrogens (tertiary/aromatic N) is 1. The maximum absolute atomic E-state index is 5.79. The summed E-state index contributed by atoms with van der Waals surface area (Å²) >= 11 is 0. The molecule has 0 radical (unpaired) electrons. The van der Waals surface area contributed by atoms with E-state index in [-0.39, 0.29) is 0 Å². The highest BCUT2D eigenvalue weighted by atomic mass is 16.5. The van der Waals surface area contributed by atoms with Crippen molar-refractivity contribution in [2.75, 3.05) is 32.8 Å². The summed E-state index contributed by atoms with van der Waals surface area (Å²) in [6.07, 6.45) is 5.34. The van der Waals surface area contributed by atoms with E-state index in [1.165, 1.54) is 31.2 Å². The van der Waals surface area contributed by atoms with Crippen molar-refractivity contribution in [1.29, 1.82) is 0 Å². The first-order valence-corrected chi connectivity index (χ1v) is 8.04. The van der Waals surface area contributed by atoms with E-state index in [0.717, 1.165) is 45.1 Å². The molecule has 20 heavy (non-hydrogen) atoms. The van der Waals surface area contributed by atoms with Crippen molar-refractivity contribution in [1.82, 2.24) is 10.2 Å². The third kappa shape index (κ3) is 5.14. The molecule has 1 aromatic carbocycles. The third-order valence-corrected chi connectivity index (χ3v) is 3.84. The quantitative estimate of drug-likeness (QED) is 0.739. The van der Waals surface area contributed by atoms with Crippen LogP contribution in [0.3, 0.4) is 0 Å². The summed E-state index contributed by atoms with van der Waals surface area (Å²) in [6.45, 7) is 8.42. The topological polar surface area (TPSA) is 24.5 Å². The number of nitrogens with one attached hydrogen (secondary N) is 1. The van der Waals surface area contributed by atoms with Crippen LogP contribution in [0.15, 0.2) is 24.3 Å². The highest BCUT2D eigenvalue weighted by Crippen LogP contribution is 2.21. The minimum Gasteiger partial charge on any atom is -0.492 e. The molecular formula is C17H28N2O. The third-order valence-electron chi connectivity index (χ3n) is 3.84. The predicted molar refractivity (Wildman–Crippen MR) is 84.2 cm³/mol. The lowest BCUT2D eigenvalue weighted by molar-refractivity contribution is 0.226. The number of para-hydroxylation sites is 1. The zero-order valence-corrected chi connectivity index (χ0v) is 12.7. The lowest BCUT2D eigenvalue weighted by atomic mass is 10.2. The molecule has 1 N–H and O–H groups in total. The van der Waals surface area contributed by atoms with E-state index in [1.54, 1.807) is 0 Å². The lowest BCUT2D eigenvalue weighted by Crippen LogP contribution is -2.33. The van der Waals surface area contributed by atoms with Crippen LogP contribution in [0.4, 0.5) is 0 Å². The zero-order valence-electron chi connectivity index (χ0n) is 12.7. The maximum atomic E-state index is 5.79. The largest absolute Gasteiger partial charge is 0.492 e. The number of ether oxygens (including phenoxy) is 1. The van der Waals surface area contributed by atoms with Gasteiger partial charge in [0.1, 0.15) is 12.4 Å². The van der Waals surface area contributed by atoms with Crippen molar-refractivity contribution in [2.45, 2.75) is 39.2 Å². The van der Waals surface area contributed by atoms with Crippen LogP contribution < -0.4 is 10.1 Å². The molecule has 0 spiro atoms. The zero-order chi connectivity index (χ0) is 14.0. The first-order valence-electron chi connectivity index (χ1n) is 8.04. The number of rotatable bonds is 8. The molecule has 0 atom stereocenters. The minimum absolute atomic E-state index is 0.799. The molecule has 2 rings (SSSR count). The van der Waals surface area contributed by atoms with Gasteiger partial charge in [-0.05, 0) is 19.0 Å². The van der Waals surface area contributed by atoms with Gasteiger partial charge in [0.25, 0.3) is 0 Å². The van der Waals surface area contributed by atoms with Gasteiger partial charge in [0.15, 0.2) is 0 Å². The Balaban J connectivity index is 1.64. The van der Waals surface area contributed by atoms with Crippen LogP contribution in [0, 0.1) is 0 Å². The average Bonchev–Trinajstić information content (AvgIpc) is 2.68. The van der Waals surface area contributed by atoms with Gasteiger partial charge in [0, 0.05) is 31.7 Å². The van der Waals surface area contributed by atoms with Gasteiger partial charge in [-0.1, -0.05) is 44.4 Å². The van der Waals surface area contributed by atoms with Crippen molar-refractivity contribution < 1.29 is 4.74 Å². The van der Waals surface area contributed by atoms with Gasteiger partial charge in [-0.3, -0.25) is 4.90 Å². The Hall–Kier alpha value is -1.06. The summed E-state index contributed by atoms with van der Waals surface area (Å²) < 4.78 is 5.79. The molecular weight excluding hydrogens is 248 g/mol. The molecule has 0 saturated heterocycles. The second-order valence-electron chi connectivity index (χ2n) is 5.54. The molecule has 1 aliphatic heterocycles. The molecule has 1 aromatic rings. The van der Waals surface area contributed by atoms with Crippen LogP contribution in [-0.2, 0) is 6.54 Å². The van der Waals surface area contributed by atoms with Gasteiger partial charge in [-0.15, -0.1) is 0 Å². The molecule has 0 aromatic heterocycles. The van der Waals surface area contributed by atoms with Crippen LogP contribution in [0.5, 0.6) is 5.75 Å². The van der Waals surface area contributed by atoms with Crippen LogP contribution >= 0.6 is 0 Å². The van der Waals surface area contributed by atoms with Gasteiger partial charge in [-0.2, -0.15) is 0 Å². The second kappa shape index (κ2) is 8.98. The summed E-state index contributed by atoms with van der Waals surface area (Å²) in [4.78, 5) is 2.48. The number of benzene rings is 1. The second-order valence-corrected chi connectivity index (χ2v) is 5.54. The van der Waals surface area contributed by atoms with Gasteiger partial charge < -0.3 is 10.1 Å².